The molecule has 1 aromatic heterocycles. The van der Waals surface area contributed by atoms with Crippen molar-refractivity contribution in [2.75, 3.05) is 6.54 Å². The first kappa shape index (κ1) is 15.0. The molecule has 0 aliphatic heterocycles. The standard InChI is InChI=1S/C17H30N4/c1-14-19-20-16(21(14)15-9-5-4-6-10-15)17(13-18)11-7-2-3-8-12-17/h15H,2-13,18H2,1H3. The van der Waals surface area contributed by atoms with Crippen molar-refractivity contribution in [3.05, 3.63) is 11.6 Å². The Bertz CT molecular complexity index is 451. The van der Waals surface area contributed by atoms with Crippen LogP contribution in [0.3, 0.4) is 0 Å². The average Bonchev–Trinajstić information content (AvgIpc) is 2.76. The van der Waals surface area contributed by atoms with E-state index >= 15 is 0 Å². The van der Waals surface area contributed by atoms with Crippen LogP contribution in [0.15, 0.2) is 0 Å². The number of aromatic nitrogens is 3. The van der Waals surface area contributed by atoms with Gasteiger partial charge in [-0.15, -0.1) is 10.2 Å². The van der Waals surface area contributed by atoms with Crippen LogP contribution in [-0.2, 0) is 5.41 Å². The number of aryl methyl sites for hydroxylation is 1. The Balaban J connectivity index is 1.96. The quantitative estimate of drug-likeness (QED) is 0.865. The van der Waals surface area contributed by atoms with Crippen LogP contribution < -0.4 is 5.73 Å². The van der Waals surface area contributed by atoms with E-state index in [1.165, 1.54) is 76.5 Å². The molecule has 4 nitrogen and oxygen atoms in total. The van der Waals surface area contributed by atoms with Crippen molar-refractivity contribution in [1.82, 2.24) is 14.8 Å². The molecule has 2 saturated carbocycles. The highest BCUT2D eigenvalue weighted by Crippen LogP contribution is 2.40. The Morgan fingerprint density at radius 1 is 1.00 bits per heavy atom. The molecule has 21 heavy (non-hydrogen) atoms. The first-order valence-corrected chi connectivity index (χ1v) is 8.89. The summed E-state index contributed by atoms with van der Waals surface area (Å²) in [6, 6.07) is 0.607. The molecular weight excluding hydrogens is 260 g/mol. The molecule has 0 saturated heterocycles. The third kappa shape index (κ3) is 2.87. The molecule has 2 aliphatic rings. The van der Waals surface area contributed by atoms with Crippen molar-refractivity contribution < 1.29 is 0 Å². The fourth-order valence-electron chi connectivity index (χ4n) is 4.43. The normalized spacial score (nSPS) is 23.9. The van der Waals surface area contributed by atoms with E-state index in [-0.39, 0.29) is 5.41 Å². The van der Waals surface area contributed by atoms with Gasteiger partial charge in [0.25, 0.3) is 0 Å². The van der Waals surface area contributed by atoms with Crippen molar-refractivity contribution >= 4 is 0 Å². The van der Waals surface area contributed by atoms with E-state index in [2.05, 4.69) is 21.7 Å². The molecule has 2 aliphatic carbocycles. The third-order valence-corrected chi connectivity index (χ3v) is 5.73. The van der Waals surface area contributed by atoms with E-state index in [0.29, 0.717) is 6.04 Å². The van der Waals surface area contributed by atoms with E-state index in [1.54, 1.807) is 0 Å². The summed E-state index contributed by atoms with van der Waals surface area (Å²) >= 11 is 0. The van der Waals surface area contributed by atoms with Crippen LogP contribution in [0.25, 0.3) is 0 Å². The van der Waals surface area contributed by atoms with Gasteiger partial charge in [0.1, 0.15) is 11.6 Å². The predicted molar refractivity (Wildman–Crippen MR) is 85.3 cm³/mol. The van der Waals surface area contributed by atoms with E-state index in [4.69, 9.17) is 5.73 Å². The summed E-state index contributed by atoms with van der Waals surface area (Å²) in [7, 11) is 0. The fourth-order valence-corrected chi connectivity index (χ4v) is 4.43. The average molecular weight is 290 g/mol. The highest BCUT2D eigenvalue weighted by molar-refractivity contribution is 5.14. The molecule has 118 valence electrons. The van der Waals surface area contributed by atoms with Gasteiger partial charge < -0.3 is 10.3 Å². The van der Waals surface area contributed by atoms with Gasteiger partial charge in [-0.2, -0.15) is 0 Å². The highest BCUT2D eigenvalue weighted by Gasteiger charge is 2.38. The van der Waals surface area contributed by atoms with Crippen LogP contribution in [0.1, 0.15) is 88.3 Å². The van der Waals surface area contributed by atoms with Gasteiger partial charge in [0.05, 0.1) is 0 Å². The van der Waals surface area contributed by atoms with Gasteiger partial charge in [0.15, 0.2) is 0 Å². The lowest BCUT2D eigenvalue weighted by Crippen LogP contribution is -2.38. The first-order valence-electron chi connectivity index (χ1n) is 8.89. The molecule has 0 bridgehead atoms. The minimum atomic E-state index is 0.0786. The van der Waals surface area contributed by atoms with Crippen molar-refractivity contribution in [1.29, 1.82) is 0 Å². The summed E-state index contributed by atoms with van der Waals surface area (Å²) in [4.78, 5) is 0. The zero-order valence-corrected chi connectivity index (χ0v) is 13.5. The lowest BCUT2D eigenvalue weighted by atomic mass is 9.79. The summed E-state index contributed by atoms with van der Waals surface area (Å²) in [5.41, 5.74) is 6.34. The Kier molecular flexibility index (Phi) is 4.63. The third-order valence-electron chi connectivity index (χ3n) is 5.73. The Morgan fingerprint density at radius 3 is 2.24 bits per heavy atom. The second kappa shape index (κ2) is 6.47. The maximum Gasteiger partial charge on any atom is 0.140 e. The van der Waals surface area contributed by atoms with Crippen molar-refractivity contribution in [2.45, 2.75) is 89.0 Å². The maximum atomic E-state index is 6.27. The lowest BCUT2D eigenvalue weighted by Gasteiger charge is -2.34. The second-order valence-electron chi connectivity index (χ2n) is 7.13. The van der Waals surface area contributed by atoms with Crippen LogP contribution in [0.5, 0.6) is 0 Å². The zero-order chi connectivity index (χ0) is 14.7. The summed E-state index contributed by atoms with van der Waals surface area (Å²) in [6.07, 6.45) is 14.3. The molecule has 2 fully saturated rings. The van der Waals surface area contributed by atoms with E-state index in [9.17, 15) is 0 Å². The lowest BCUT2D eigenvalue weighted by molar-refractivity contribution is 0.292. The van der Waals surface area contributed by atoms with E-state index < -0.39 is 0 Å². The number of nitrogens with two attached hydrogens (primary N) is 1. The molecule has 1 aromatic rings. The van der Waals surface area contributed by atoms with Crippen molar-refractivity contribution in [3.8, 4) is 0 Å². The van der Waals surface area contributed by atoms with Crippen LogP contribution in [0.2, 0.25) is 0 Å². The largest absolute Gasteiger partial charge is 0.329 e. The monoisotopic (exact) mass is 290 g/mol. The smallest absolute Gasteiger partial charge is 0.140 e. The van der Waals surface area contributed by atoms with Gasteiger partial charge in [0, 0.05) is 18.0 Å². The Labute approximate surface area is 128 Å². The Morgan fingerprint density at radius 2 is 1.62 bits per heavy atom. The molecule has 3 rings (SSSR count). The summed E-state index contributed by atoms with van der Waals surface area (Å²) in [5, 5.41) is 9.08. The van der Waals surface area contributed by atoms with Crippen LogP contribution >= 0.6 is 0 Å². The fraction of sp³-hybridized carbons (Fsp3) is 0.882. The van der Waals surface area contributed by atoms with Gasteiger partial charge in [-0.3, -0.25) is 0 Å². The molecule has 4 heteroatoms. The van der Waals surface area contributed by atoms with Gasteiger partial charge in [-0.1, -0.05) is 44.9 Å². The number of hydrogen-bond donors (Lipinski definition) is 1. The maximum absolute atomic E-state index is 6.27. The molecule has 0 spiro atoms. The molecule has 0 aromatic carbocycles. The molecule has 1 heterocycles. The molecular formula is C17H30N4. The molecule has 2 N–H and O–H groups in total. The summed E-state index contributed by atoms with van der Waals surface area (Å²) < 4.78 is 2.47. The summed E-state index contributed by atoms with van der Waals surface area (Å²) in [6.45, 7) is 2.84. The van der Waals surface area contributed by atoms with Gasteiger partial charge in [-0.25, -0.2) is 0 Å². The van der Waals surface area contributed by atoms with Crippen molar-refractivity contribution in [3.63, 3.8) is 0 Å². The summed E-state index contributed by atoms with van der Waals surface area (Å²) in [5.74, 6) is 2.30. The minimum absolute atomic E-state index is 0.0786. The van der Waals surface area contributed by atoms with Crippen molar-refractivity contribution in [2.24, 2.45) is 5.73 Å². The van der Waals surface area contributed by atoms with Gasteiger partial charge in [-0.05, 0) is 32.6 Å². The molecule has 0 unspecified atom stereocenters. The SMILES string of the molecule is Cc1nnc(C2(CN)CCCCCC2)n1C1CCCCC1. The number of nitrogens with zero attached hydrogens (tertiary/aromatic N) is 3. The minimum Gasteiger partial charge on any atom is -0.329 e. The number of rotatable bonds is 3. The molecule has 0 radical (unpaired) electrons. The highest BCUT2D eigenvalue weighted by atomic mass is 15.3. The second-order valence-corrected chi connectivity index (χ2v) is 7.13. The van der Waals surface area contributed by atoms with E-state index in [1.807, 2.05) is 0 Å². The van der Waals surface area contributed by atoms with Crippen LogP contribution in [0, 0.1) is 6.92 Å². The topological polar surface area (TPSA) is 56.7 Å². The zero-order valence-electron chi connectivity index (χ0n) is 13.5. The van der Waals surface area contributed by atoms with Gasteiger partial charge in [0.2, 0.25) is 0 Å². The van der Waals surface area contributed by atoms with Crippen LogP contribution in [-0.4, -0.2) is 21.3 Å². The van der Waals surface area contributed by atoms with E-state index in [0.717, 1.165) is 12.4 Å². The first-order chi connectivity index (χ1) is 10.3. The Hall–Kier alpha value is -0.900. The number of hydrogen-bond acceptors (Lipinski definition) is 3. The van der Waals surface area contributed by atoms with Crippen LogP contribution in [0.4, 0.5) is 0 Å². The van der Waals surface area contributed by atoms with Gasteiger partial charge >= 0.3 is 0 Å². The molecule has 0 amide bonds. The predicted octanol–water partition coefficient (Wildman–Crippen LogP) is 3.64. The molecule has 0 atom stereocenters.